The van der Waals surface area contributed by atoms with Gasteiger partial charge in [0.25, 0.3) is 5.89 Å². The van der Waals surface area contributed by atoms with E-state index in [2.05, 4.69) is 10.1 Å². The van der Waals surface area contributed by atoms with Gasteiger partial charge >= 0.3 is 0 Å². The Morgan fingerprint density at radius 3 is 2.72 bits per heavy atom. The van der Waals surface area contributed by atoms with Gasteiger partial charge in [0, 0.05) is 24.2 Å². The Kier molecular flexibility index (Phi) is 3.66. The van der Waals surface area contributed by atoms with Gasteiger partial charge in [-0.15, -0.1) is 0 Å². The number of hydrogen-bond donors (Lipinski definition) is 0. The first-order chi connectivity index (χ1) is 12.0. The third kappa shape index (κ3) is 2.62. The number of aryl methyl sites for hydroxylation is 2. The monoisotopic (exact) mass is 351 g/mol. The van der Waals surface area contributed by atoms with Crippen LogP contribution in [0.4, 0.5) is 0 Å². The van der Waals surface area contributed by atoms with Crippen molar-refractivity contribution >= 4 is 22.5 Å². The molecule has 0 unspecified atom stereocenters. The average Bonchev–Trinajstić information content (AvgIpc) is 3.08. The molecule has 0 saturated carbocycles. The zero-order valence-electron chi connectivity index (χ0n) is 13.7. The third-order valence-electron chi connectivity index (χ3n) is 4.12. The molecule has 0 spiro atoms. The van der Waals surface area contributed by atoms with E-state index in [1.165, 1.54) is 0 Å². The normalized spacial score (nSPS) is 11.2. The summed E-state index contributed by atoms with van der Waals surface area (Å²) in [5.41, 5.74) is 2.76. The van der Waals surface area contributed by atoms with Gasteiger partial charge in [0.1, 0.15) is 5.56 Å². The van der Waals surface area contributed by atoms with E-state index in [9.17, 15) is 4.79 Å². The maximum Gasteiger partial charge on any atom is 0.263 e. The summed E-state index contributed by atoms with van der Waals surface area (Å²) in [6, 6.07) is 13.0. The zero-order valence-corrected chi connectivity index (χ0v) is 14.4. The van der Waals surface area contributed by atoms with Gasteiger partial charge in [-0.1, -0.05) is 40.5 Å². The van der Waals surface area contributed by atoms with E-state index < -0.39 is 0 Å². The van der Waals surface area contributed by atoms with Crippen molar-refractivity contribution in [1.29, 1.82) is 0 Å². The van der Waals surface area contributed by atoms with Crippen molar-refractivity contribution in [3.63, 3.8) is 0 Å². The number of benzene rings is 2. The smallest absolute Gasteiger partial charge is 0.263 e. The van der Waals surface area contributed by atoms with E-state index in [1.807, 2.05) is 48.9 Å². The standard InChI is InChI=1S/C19H14ClN3O2/c1-11-7-8-16-13(9-11)17(24)14(10-23(16)2)19-21-18(22-25-19)12-5-3-4-6-15(12)20/h3-10H,1-2H3. The second kappa shape index (κ2) is 5.86. The molecule has 2 heterocycles. The fourth-order valence-corrected chi connectivity index (χ4v) is 3.06. The lowest BCUT2D eigenvalue weighted by atomic mass is 10.1. The molecule has 0 aliphatic heterocycles. The predicted octanol–water partition coefficient (Wildman–Crippen LogP) is 4.22. The van der Waals surface area contributed by atoms with Crippen LogP contribution in [0.1, 0.15) is 5.56 Å². The van der Waals surface area contributed by atoms with Gasteiger partial charge in [0.2, 0.25) is 11.3 Å². The Labute approximate surface area is 148 Å². The highest BCUT2D eigenvalue weighted by Gasteiger charge is 2.17. The molecule has 5 nitrogen and oxygen atoms in total. The molecule has 2 aromatic heterocycles. The van der Waals surface area contributed by atoms with Crippen molar-refractivity contribution in [3.05, 3.63) is 69.5 Å². The summed E-state index contributed by atoms with van der Waals surface area (Å²) in [7, 11) is 1.88. The molecule has 4 aromatic rings. The van der Waals surface area contributed by atoms with Gasteiger partial charge in [-0.3, -0.25) is 4.79 Å². The molecule has 124 valence electrons. The molecule has 2 aromatic carbocycles. The number of pyridine rings is 1. The second-order valence-electron chi connectivity index (χ2n) is 5.91. The van der Waals surface area contributed by atoms with E-state index in [1.54, 1.807) is 18.3 Å². The van der Waals surface area contributed by atoms with E-state index in [0.29, 0.717) is 27.4 Å². The van der Waals surface area contributed by atoms with Gasteiger partial charge in [-0.05, 0) is 31.2 Å². The van der Waals surface area contributed by atoms with Crippen LogP contribution in [0.2, 0.25) is 5.02 Å². The second-order valence-corrected chi connectivity index (χ2v) is 6.31. The molecule has 0 aliphatic carbocycles. The van der Waals surface area contributed by atoms with E-state index >= 15 is 0 Å². The molecule has 0 N–H and O–H groups in total. The van der Waals surface area contributed by atoms with Crippen LogP contribution in [0, 0.1) is 6.92 Å². The molecule has 6 heteroatoms. The maximum absolute atomic E-state index is 12.9. The summed E-state index contributed by atoms with van der Waals surface area (Å²) in [6.07, 6.45) is 1.71. The quantitative estimate of drug-likeness (QED) is 0.542. The molecule has 0 radical (unpaired) electrons. The summed E-state index contributed by atoms with van der Waals surface area (Å²) in [5.74, 6) is 0.533. The minimum absolute atomic E-state index is 0.133. The first kappa shape index (κ1) is 15.6. The summed E-state index contributed by atoms with van der Waals surface area (Å²) in [4.78, 5) is 17.2. The highest BCUT2D eigenvalue weighted by Crippen LogP contribution is 2.27. The summed E-state index contributed by atoms with van der Waals surface area (Å²) in [6.45, 7) is 1.95. The lowest BCUT2D eigenvalue weighted by Gasteiger charge is -2.07. The van der Waals surface area contributed by atoms with Crippen LogP contribution in [0.3, 0.4) is 0 Å². The SMILES string of the molecule is Cc1ccc2c(c1)c(=O)c(-c1nc(-c3ccccc3Cl)no1)cn2C. The number of halogens is 1. The molecule has 0 saturated heterocycles. The average molecular weight is 352 g/mol. The Morgan fingerprint density at radius 1 is 1.12 bits per heavy atom. The molecule has 0 amide bonds. The van der Waals surface area contributed by atoms with Crippen LogP contribution >= 0.6 is 11.6 Å². The van der Waals surface area contributed by atoms with Gasteiger partial charge in [0.15, 0.2) is 0 Å². The zero-order chi connectivity index (χ0) is 17.6. The third-order valence-corrected chi connectivity index (χ3v) is 4.44. The highest BCUT2D eigenvalue weighted by molar-refractivity contribution is 6.33. The molecule has 0 bridgehead atoms. The van der Waals surface area contributed by atoms with Crippen LogP contribution < -0.4 is 5.43 Å². The predicted molar refractivity (Wildman–Crippen MR) is 97.7 cm³/mol. The van der Waals surface area contributed by atoms with E-state index in [0.717, 1.165) is 11.1 Å². The van der Waals surface area contributed by atoms with Crippen molar-refractivity contribution < 1.29 is 4.52 Å². The molecule has 4 rings (SSSR count). The number of hydrogen-bond acceptors (Lipinski definition) is 4. The molecular formula is C19H14ClN3O2. The summed E-state index contributed by atoms with van der Waals surface area (Å²) in [5, 5.41) is 5.12. The number of fused-ring (bicyclic) bond motifs is 1. The van der Waals surface area contributed by atoms with Crippen LogP contribution in [0.5, 0.6) is 0 Å². The molecule has 0 fully saturated rings. The number of aromatic nitrogens is 3. The van der Waals surface area contributed by atoms with Gasteiger partial charge in [-0.25, -0.2) is 0 Å². The van der Waals surface area contributed by atoms with E-state index in [-0.39, 0.29) is 11.3 Å². The van der Waals surface area contributed by atoms with E-state index in [4.69, 9.17) is 16.1 Å². The van der Waals surface area contributed by atoms with Crippen LogP contribution in [0.15, 0.2) is 58.0 Å². The largest absolute Gasteiger partial charge is 0.350 e. The number of nitrogens with zero attached hydrogens (tertiary/aromatic N) is 3. The van der Waals surface area contributed by atoms with Crippen LogP contribution in [-0.2, 0) is 7.05 Å². The van der Waals surface area contributed by atoms with Gasteiger partial charge in [-0.2, -0.15) is 4.98 Å². The Balaban J connectivity index is 1.90. The maximum atomic E-state index is 12.9. The highest BCUT2D eigenvalue weighted by atomic mass is 35.5. The fraction of sp³-hybridized carbons (Fsp3) is 0.105. The van der Waals surface area contributed by atoms with Crippen molar-refractivity contribution in [2.24, 2.45) is 7.05 Å². The topological polar surface area (TPSA) is 60.9 Å². The van der Waals surface area contributed by atoms with Crippen molar-refractivity contribution in [2.45, 2.75) is 6.92 Å². The Hall–Kier alpha value is -2.92. The Morgan fingerprint density at radius 2 is 1.92 bits per heavy atom. The number of rotatable bonds is 2. The van der Waals surface area contributed by atoms with Crippen molar-refractivity contribution in [2.75, 3.05) is 0 Å². The Bertz CT molecular complexity index is 1160. The van der Waals surface area contributed by atoms with Crippen molar-refractivity contribution in [3.8, 4) is 22.8 Å². The van der Waals surface area contributed by atoms with Gasteiger partial charge < -0.3 is 9.09 Å². The van der Waals surface area contributed by atoms with Crippen molar-refractivity contribution in [1.82, 2.24) is 14.7 Å². The lowest BCUT2D eigenvalue weighted by molar-refractivity contribution is 0.432. The molecule has 0 aliphatic rings. The minimum Gasteiger partial charge on any atom is -0.350 e. The molecular weight excluding hydrogens is 338 g/mol. The first-order valence-electron chi connectivity index (χ1n) is 7.73. The summed E-state index contributed by atoms with van der Waals surface area (Å²) < 4.78 is 7.22. The molecule has 0 atom stereocenters. The fourth-order valence-electron chi connectivity index (χ4n) is 2.84. The first-order valence-corrected chi connectivity index (χ1v) is 8.11. The molecule has 25 heavy (non-hydrogen) atoms. The van der Waals surface area contributed by atoms with Crippen LogP contribution in [0.25, 0.3) is 33.7 Å². The minimum atomic E-state index is -0.133. The van der Waals surface area contributed by atoms with Crippen LogP contribution in [-0.4, -0.2) is 14.7 Å². The summed E-state index contributed by atoms with van der Waals surface area (Å²) >= 11 is 6.18. The van der Waals surface area contributed by atoms with Gasteiger partial charge in [0.05, 0.1) is 10.5 Å². The lowest BCUT2D eigenvalue weighted by Crippen LogP contribution is -2.10.